The highest BCUT2D eigenvalue weighted by Gasteiger charge is 2.39. The van der Waals surface area contributed by atoms with Crippen LogP contribution in [0.3, 0.4) is 0 Å². The molecule has 0 saturated heterocycles. The van der Waals surface area contributed by atoms with Crippen molar-refractivity contribution in [3.63, 3.8) is 0 Å². The molecule has 3 heteroatoms. The Morgan fingerprint density at radius 1 is 1.71 bits per heavy atom. The van der Waals surface area contributed by atoms with E-state index in [1.807, 2.05) is 6.08 Å². The Bertz CT molecular complexity index is 182. The third kappa shape index (κ3) is 3.78. The zero-order chi connectivity index (χ0) is 10.6. The molecule has 82 valence electrons. The lowest BCUT2D eigenvalue weighted by Gasteiger charge is -2.17. The molecule has 14 heavy (non-hydrogen) atoms. The SMILES string of the molecule is C=CCC(OCCN(C)O)C1CC1C. The molecule has 1 aliphatic rings. The highest BCUT2D eigenvalue weighted by molar-refractivity contribution is 4.92. The third-order valence-electron chi connectivity index (χ3n) is 2.80. The van der Waals surface area contributed by atoms with Crippen LogP contribution in [0.25, 0.3) is 0 Å². The molecule has 0 aromatic heterocycles. The monoisotopic (exact) mass is 199 g/mol. The van der Waals surface area contributed by atoms with Crippen molar-refractivity contribution >= 4 is 0 Å². The van der Waals surface area contributed by atoms with Crippen LogP contribution in [0.1, 0.15) is 19.8 Å². The molecular weight excluding hydrogens is 178 g/mol. The molecule has 0 aromatic rings. The smallest absolute Gasteiger partial charge is 0.0640 e. The van der Waals surface area contributed by atoms with Crippen LogP contribution < -0.4 is 0 Å². The van der Waals surface area contributed by atoms with Gasteiger partial charge in [-0.1, -0.05) is 13.0 Å². The van der Waals surface area contributed by atoms with Crippen molar-refractivity contribution in [2.24, 2.45) is 11.8 Å². The summed E-state index contributed by atoms with van der Waals surface area (Å²) in [5.74, 6) is 1.50. The highest BCUT2D eigenvalue weighted by Crippen LogP contribution is 2.42. The summed E-state index contributed by atoms with van der Waals surface area (Å²) in [5, 5.41) is 10.1. The first kappa shape index (κ1) is 11.7. The van der Waals surface area contributed by atoms with E-state index >= 15 is 0 Å². The highest BCUT2D eigenvalue weighted by atomic mass is 16.5. The van der Waals surface area contributed by atoms with Gasteiger partial charge in [0.1, 0.15) is 0 Å². The fourth-order valence-corrected chi connectivity index (χ4v) is 1.74. The molecule has 0 spiro atoms. The van der Waals surface area contributed by atoms with Gasteiger partial charge in [0.25, 0.3) is 0 Å². The summed E-state index contributed by atoms with van der Waals surface area (Å²) in [6.07, 6.45) is 4.41. The Labute approximate surface area is 86.3 Å². The van der Waals surface area contributed by atoms with Crippen molar-refractivity contribution in [2.75, 3.05) is 20.2 Å². The average Bonchev–Trinajstić information content (AvgIpc) is 2.81. The molecular formula is C11H21NO2. The zero-order valence-electron chi connectivity index (χ0n) is 9.15. The van der Waals surface area contributed by atoms with E-state index in [1.54, 1.807) is 7.05 Å². The molecule has 1 N–H and O–H groups in total. The fourth-order valence-electron chi connectivity index (χ4n) is 1.74. The lowest BCUT2D eigenvalue weighted by atomic mass is 10.1. The minimum atomic E-state index is 0.308. The van der Waals surface area contributed by atoms with Crippen LogP contribution in [-0.2, 0) is 4.74 Å². The second kappa shape index (κ2) is 5.49. The van der Waals surface area contributed by atoms with Gasteiger partial charge in [-0.3, -0.25) is 0 Å². The zero-order valence-corrected chi connectivity index (χ0v) is 9.15. The second-order valence-corrected chi connectivity index (χ2v) is 4.19. The van der Waals surface area contributed by atoms with Gasteiger partial charge >= 0.3 is 0 Å². The van der Waals surface area contributed by atoms with Gasteiger partial charge < -0.3 is 9.94 Å². The van der Waals surface area contributed by atoms with Crippen LogP contribution in [0.4, 0.5) is 0 Å². The first-order valence-electron chi connectivity index (χ1n) is 5.27. The van der Waals surface area contributed by atoms with Crippen molar-refractivity contribution in [1.29, 1.82) is 0 Å². The third-order valence-corrected chi connectivity index (χ3v) is 2.80. The predicted molar refractivity (Wildman–Crippen MR) is 56.2 cm³/mol. The van der Waals surface area contributed by atoms with Gasteiger partial charge in [0, 0.05) is 13.6 Å². The molecule has 0 radical (unpaired) electrons. The molecule has 1 rings (SSSR count). The van der Waals surface area contributed by atoms with E-state index in [1.165, 1.54) is 6.42 Å². The van der Waals surface area contributed by atoms with E-state index in [0.717, 1.165) is 17.4 Å². The minimum Gasteiger partial charge on any atom is -0.376 e. The van der Waals surface area contributed by atoms with Crippen molar-refractivity contribution in [3.8, 4) is 0 Å². The molecule has 1 fully saturated rings. The molecule has 0 aliphatic heterocycles. The summed E-state index contributed by atoms with van der Waals surface area (Å²) in [4.78, 5) is 0. The topological polar surface area (TPSA) is 32.7 Å². The molecule has 0 heterocycles. The molecule has 3 nitrogen and oxygen atoms in total. The Morgan fingerprint density at radius 2 is 2.36 bits per heavy atom. The first-order valence-corrected chi connectivity index (χ1v) is 5.27. The molecule has 1 aliphatic carbocycles. The van der Waals surface area contributed by atoms with E-state index in [2.05, 4.69) is 13.5 Å². The summed E-state index contributed by atoms with van der Waals surface area (Å²) >= 11 is 0. The van der Waals surface area contributed by atoms with Crippen LogP contribution >= 0.6 is 0 Å². The van der Waals surface area contributed by atoms with Gasteiger partial charge in [-0.05, 0) is 24.7 Å². The number of likely N-dealkylation sites (N-methyl/N-ethyl adjacent to an activating group) is 1. The fraction of sp³-hybridized carbons (Fsp3) is 0.818. The van der Waals surface area contributed by atoms with Crippen LogP contribution in [0.5, 0.6) is 0 Å². The van der Waals surface area contributed by atoms with Crippen LogP contribution in [0.15, 0.2) is 12.7 Å². The number of hydrogen-bond donors (Lipinski definition) is 1. The van der Waals surface area contributed by atoms with E-state index < -0.39 is 0 Å². The van der Waals surface area contributed by atoms with Crippen LogP contribution in [0, 0.1) is 11.8 Å². The Balaban J connectivity index is 2.18. The van der Waals surface area contributed by atoms with E-state index in [4.69, 9.17) is 9.94 Å². The maximum absolute atomic E-state index is 8.93. The standard InChI is InChI=1S/C11H21NO2/c1-4-5-11(10-8-9(10)2)14-7-6-12(3)13/h4,9-11,13H,1,5-8H2,2-3H3. The number of rotatable bonds is 7. The van der Waals surface area contributed by atoms with Gasteiger partial charge in [-0.2, -0.15) is 5.06 Å². The number of nitrogens with zero attached hydrogens (tertiary/aromatic N) is 1. The normalized spacial score (nSPS) is 27.7. The summed E-state index contributed by atoms with van der Waals surface area (Å²) in [6.45, 7) is 7.15. The number of ether oxygens (including phenoxy) is 1. The number of hydroxylamine groups is 2. The largest absolute Gasteiger partial charge is 0.376 e. The van der Waals surface area contributed by atoms with Gasteiger partial charge in [-0.25, -0.2) is 0 Å². The van der Waals surface area contributed by atoms with Crippen LogP contribution in [-0.4, -0.2) is 36.6 Å². The van der Waals surface area contributed by atoms with Crippen molar-refractivity contribution in [3.05, 3.63) is 12.7 Å². The first-order chi connectivity index (χ1) is 6.65. The lowest BCUT2D eigenvalue weighted by Crippen LogP contribution is -2.24. The summed E-state index contributed by atoms with van der Waals surface area (Å²) in [6, 6.07) is 0. The maximum atomic E-state index is 8.93. The average molecular weight is 199 g/mol. The maximum Gasteiger partial charge on any atom is 0.0640 e. The molecule has 3 atom stereocenters. The summed E-state index contributed by atoms with van der Waals surface area (Å²) in [5.41, 5.74) is 0. The Kier molecular flexibility index (Phi) is 4.58. The van der Waals surface area contributed by atoms with E-state index in [9.17, 15) is 0 Å². The van der Waals surface area contributed by atoms with Gasteiger partial charge in [0.15, 0.2) is 0 Å². The van der Waals surface area contributed by atoms with Crippen molar-refractivity contribution in [1.82, 2.24) is 5.06 Å². The molecule has 0 aromatic carbocycles. The van der Waals surface area contributed by atoms with Crippen LogP contribution in [0.2, 0.25) is 0 Å². The van der Waals surface area contributed by atoms with E-state index in [0.29, 0.717) is 25.2 Å². The molecule has 0 amide bonds. The lowest BCUT2D eigenvalue weighted by molar-refractivity contribution is -0.0897. The van der Waals surface area contributed by atoms with Gasteiger partial charge in [-0.15, -0.1) is 6.58 Å². The quantitative estimate of drug-likeness (QED) is 0.502. The Morgan fingerprint density at radius 3 is 2.79 bits per heavy atom. The van der Waals surface area contributed by atoms with Crippen molar-refractivity contribution < 1.29 is 9.94 Å². The van der Waals surface area contributed by atoms with Crippen molar-refractivity contribution in [2.45, 2.75) is 25.9 Å². The molecule has 3 unspecified atom stereocenters. The number of hydrogen-bond acceptors (Lipinski definition) is 3. The predicted octanol–water partition coefficient (Wildman–Crippen LogP) is 1.92. The van der Waals surface area contributed by atoms with E-state index in [-0.39, 0.29) is 0 Å². The van der Waals surface area contributed by atoms with Gasteiger partial charge in [0.2, 0.25) is 0 Å². The van der Waals surface area contributed by atoms with Gasteiger partial charge in [0.05, 0.1) is 12.7 Å². The Hall–Kier alpha value is -0.380. The second-order valence-electron chi connectivity index (χ2n) is 4.19. The minimum absolute atomic E-state index is 0.308. The summed E-state index contributed by atoms with van der Waals surface area (Å²) in [7, 11) is 1.63. The summed E-state index contributed by atoms with van der Waals surface area (Å²) < 4.78 is 5.71. The molecule has 0 bridgehead atoms. The molecule has 1 saturated carbocycles.